The van der Waals surface area contributed by atoms with E-state index in [2.05, 4.69) is 338 Å². The van der Waals surface area contributed by atoms with Crippen LogP contribution in [0.3, 0.4) is 0 Å². The van der Waals surface area contributed by atoms with Crippen LogP contribution in [0, 0.1) is 0 Å². The molecule has 466 valence electrons. The standard InChI is InChI=1S/C86H84O4P3/c1-55(2)61-49-75(57(5)6)81(76(50-61)58(7)8)79-53-63-47-71(91(65-31-19-13-20-32-65,66-33-21-14-22-34-66)67-35-23-15-24-36-67)43-45-73(63)83-84-74-46-44-72(92(68-37-25-16-26-38-68,69-39-27-17-28-40-69)70-41-29-18-30-42-70)48-64(74)54-80(86(84)90-93(87,88)89-85(79)83)82-77(59(9)10)51-62(56(3)4)52-78(82)60(11)12/h13-60H,1-12H3/q+1/p+1. The van der Waals surface area contributed by atoms with E-state index in [-0.39, 0.29) is 35.5 Å². The van der Waals surface area contributed by atoms with E-state index in [1.807, 2.05) is 0 Å². The van der Waals surface area contributed by atoms with Crippen LogP contribution in [0.5, 0.6) is 11.5 Å². The van der Waals surface area contributed by atoms with Crippen LogP contribution in [0.25, 0.3) is 54.9 Å². The summed E-state index contributed by atoms with van der Waals surface area (Å²) in [7, 11) is -10.4. The number of fused-ring (bicyclic) bond motifs is 7. The molecule has 0 fully saturated rings. The van der Waals surface area contributed by atoms with E-state index in [0.717, 1.165) is 77.2 Å². The lowest BCUT2D eigenvalue weighted by molar-refractivity contribution is 0.295. The third-order valence-corrected chi connectivity index (χ3v) is 28.6. The topological polar surface area (TPSA) is 55.8 Å². The van der Waals surface area contributed by atoms with Gasteiger partial charge < -0.3 is 9.05 Å². The molecular formula is C86H85O4P3+2. The Morgan fingerprint density at radius 1 is 0.290 bits per heavy atom. The maximum atomic E-state index is 16.0. The largest absolute Gasteiger partial charge is 0.584 e. The van der Waals surface area contributed by atoms with Gasteiger partial charge in [0, 0.05) is 22.3 Å². The van der Waals surface area contributed by atoms with Crippen LogP contribution in [-0.2, 0) is 4.57 Å². The fourth-order valence-corrected chi connectivity index (χ4v) is 24.1. The average molecular weight is 1280 g/mol. The van der Waals surface area contributed by atoms with Gasteiger partial charge in [0.05, 0.1) is 0 Å². The molecule has 0 unspecified atom stereocenters. The van der Waals surface area contributed by atoms with Crippen molar-refractivity contribution in [1.82, 2.24) is 0 Å². The molecule has 1 heterocycles. The molecule has 0 atom stereocenters. The number of rotatable bonds is 16. The summed E-state index contributed by atoms with van der Waals surface area (Å²) < 4.78 is 30.2. The van der Waals surface area contributed by atoms with Crippen LogP contribution in [-0.4, -0.2) is 4.89 Å². The lowest BCUT2D eigenvalue weighted by Gasteiger charge is -2.29. The zero-order valence-electron chi connectivity index (χ0n) is 55.7. The van der Waals surface area contributed by atoms with Gasteiger partial charge in [-0.25, -0.2) is 4.57 Å². The number of hydrogen-bond donors (Lipinski definition) is 1. The van der Waals surface area contributed by atoms with Crippen LogP contribution < -0.4 is 51.5 Å². The molecule has 7 heteroatoms. The first kappa shape index (κ1) is 63.6. The van der Waals surface area contributed by atoms with Crippen molar-refractivity contribution in [1.29, 1.82) is 0 Å². The Balaban J connectivity index is 1.27. The third-order valence-electron chi connectivity index (χ3n) is 19.3. The van der Waals surface area contributed by atoms with Gasteiger partial charge in [-0.2, -0.15) is 0 Å². The maximum absolute atomic E-state index is 16.0. The highest BCUT2D eigenvalue weighted by Crippen LogP contribution is 2.65. The predicted octanol–water partition coefficient (Wildman–Crippen LogP) is 20.8. The number of hydrogen-bond acceptors (Lipinski definition) is 3. The molecule has 0 saturated heterocycles. The molecule has 4 nitrogen and oxygen atoms in total. The van der Waals surface area contributed by atoms with E-state index < -0.39 is 22.3 Å². The fraction of sp³-hybridized carbons (Fsp3) is 0.209. The molecule has 1 aliphatic heterocycles. The van der Waals surface area contributed by atoms with Gasteiger partial charge in [0.25, 0.3) is 0 Å². The van der Waals surface area contributed by atoms with Crippen molar-refractivity contribution in [3.8, 4) is 44.9 Å². The molecule has 0 aliphatic carbocycles. The summed E-state index contributed by atoms with van der Waals surface area (Å²) in [5.41, 5.74) is 12.1. The molecular weight excluding hydrogens is 1190 g/mol. The second-order valence-electron chi connectivity index (χ2n) is 27.2. The number of benzene rings is 12. The Labute approximate surface area is 553 Å². The van der Waals surface area contributed by atoms with Gasteiger partial charge in [0.2, 0.25) is 0 Å². The summed E-state index contributed by atoms with van der Waals surface area (Å²) in [4.78, 5) is 13.1. The van der Waals surface area contributed by atoms with E-state index in [1.165, 1.54) is 53.6 Å². The molecule has 1 aliphatic rings. The van der Waals surface area contributed by atoms with Gasteiger partial charge in [0.15, 0.2) is 0 Å². The first-order chi connectivity index (χ1) is 44.8. The summed E-state index contributed by atoms with van der Waals surface area (Å²) in [6, 6.07) is 94.5. The second kappa shape index (κ2) is 25.6. The van der Waals surface area contributed by atoms with Gasteiger partial charge in [0.1, 0.15) is 68.5 Å². The molecule has 0 bridgehead atoms. The van der Waals surface area contributed by atoms with Gasteiger partial charge in [-0.1, -0.05) is 217 Å². The fourth-order valence-electron chi connectivity index (χ4n) is 14.7. The minimum absolute atomic E-state index is 0.0722. The molecule has 0 aromatic heterocycles. The van der Waals surface area contributed by atoms with Gasteiger partial charge in [-0.15, -0.1) is 0 Å². The molecule has 12 aromatic carbocycles. The number of phosphoric acid groups is 1. The first-order valence-electron chi connectivity index (χ1n) is 33.3. The second-order valence-corrected chi connectivity index (χ2v) is 35.3. The number of phosphoric ester groups is 1. The highest BCUT2D eigenvalue weighted by molar-refractivity contribution is 8.02. The van der Waals surface area contributed by atoms with E-state index in [0.29, 0.717) is 11.5 Å². The van der Waals surface area contributed by atoms with E-state index >= 15 is 4.57 Å². The highest BCUT2D eigenvalue weighted by Gasteiger charge is 2.50. The normalized spacial score (nSPS) is 13.2. The minimum Gasteiger partial charge on any atom is -0.394 e. The molecule has 0 saturated carbocycles. The summed E-state index contributed by atoms with van der Waals surface area (Å²) in [6.45, 7) is 27.2. The van der Waals surface area contributed by atoms with Crippen molar-refractivity contribution < 1.29 is 18.5 Å². The highest BCUT2D eigenvalue weighted by atomic mass is 31.2. The molecule has 1 N–H and O–H groups in total. The molecule has 12 aromatic rings. The van der Waals surface area contributed by atoms with Crippen LogP contribution >= 0.6 is 22.3 Å². The maximum Gasteiger partial charge on any atom is 0.584 e. The van der Waals surface area contributed by atoms with Crippen LogP contribution in [0.15, 0.2) is 255 Å². The Morgan fingerprint density at radius 3 is 0.763 bits per heavy atom. The monoisotopic (exact) mass is 1270 g/mol. The predicted molar refractivity (Wildman–Crippen MR) is 403 cm³/mol. The summed E-state index contributed by atoms with van der Waals surface area (Å²) in [5.74, 6) is 1.47. The summed E-state index contributed by atoms with van der Waals surface area (Å²) in [5, 5.41) is 13.6. The van der Waals surface area contributed by atoms with Crippen molar-refractivity contribution in [3.05, 3.63) is 288 Å². The van der Waals surface area contributed by atoms with Gasteiger partial charge >= 0.3 is 7.82 Å². The van der Waals surface area contributed by atoms with Crippen LogP contribution in [0.4, 0.5) is 0 Å². The minimum atomic E-state index is -5.05. The Hall–Kier alpha value is -8.19. The van der Waals surface area contributed by atoms with E-state index in [1.54, 1.807) is 0 Å². The Morgan fingerprint density at radius 2 is 0.538 bits per heavy atom. The zero-order chi connectivity index (χ0) is 65.1. The third kappa shape index (κ3) is 11.2. The lowest BCUT2D eigenvalue weighted by atomic mass is 9.78. The quantitative estimate of drug-likeness (QED) is 0.0980. The van der Waals surface area contributed by atoms with Gasteiger partial charge in [-0.05, 0) is 223 Å². The van der Waals surface area contributed by atoms with E-state index in [4.69, 9.17) is 9.05 Å². The Bertz CT molecular complexity index is 4220. The molecule has 0 amide bonds. The molecule has 93 heavy (non-hydrogen) atoms. The van der Waals surface area contributed by atoms with Gasteiger partial charge in [-0.3, -0.25) is 4.89 Å². The SMILES string of the molecule is CC(C)c1cc(C(C)C)c(-c2cc3cc([P+](c4ccccc4)(c4ccccc4)c4ccccc4)ccc3c3c2OP(=O)(O)Oc2c(-c4c(C(C)C)cc(C(C)C)cc4C(C)C)cc4cc([P+](c5ccccc5)(c5ccccc5)c5ccccc5)ccc4c2-3)c(C(C)C)c1. The Kier molecular flexibility index (Phi) is 17.5. The van der Waals surface area contributed by atoms with Crippen molar-refractivity contribution >= 4 is 86.3 Å². The summed E-state index contributed by atoms with van der Waals surface area (Å²) in [6.07, 6.45) is 0. The molecule has 13 rings (SSSR count). The van der Waals surface area contributed by atoms with Crippen LogP contribution in [0.2, 0.25) is 0 Å². The van der Waals surface area contributed by atoms with Crippen molar-refractivity contribution in [2.75, 3.05) is 0 Å². The van der Waals surface area contributed by atoms with Crippen molar-refractivity contribution in [2.45, 2.75) is 119 Å². The van der Waals surface area contributed by atoms with Crippen molar-refractivity contribution in [3.63, 3.8) is 0 Å². The smallest absolute Gasteiger partial charge is 0.394 e. The molecule has 0 spiro atoms. The average Bonchev–Trinajstić information content (AvgIpc) is 1.70. The first-order valence-corrected chi connectivity index (χ1v) is 38.3. The summed E-state index contributed by atoms with van der Waals surface area (Å²) >= 11 is 0. The lowest BCUT2D eigenvalue weighted by Crippen LogP contribution is -2.38. The van der Waals surface area contributed by atoms with Crippen LogP contribution in [0.1, 0.15) is 152 Å². The zero-order valence-corrected chi connectivity index (χ0v) is 58.4. The van der Waals surface area contributed by atoms with Crippen molar-refractivity contribution in [2.24, 2.45) is 0 Å². The van der Waals surface area contributed by atoms with E-state index in [9.17, 15) is 4.89 Å². The molecule has 0 radical (unpaired) electrons.